The number of aliphatic hydroxyl groups is 1. The lowest BCUT2D eigenvalue weighted by molar-refractivity contribution is -0.0708. The first kappa shape index (κ1) is 16.1. The highest BCUT2D eigenvalue weighted by molar-refractivity contribution is 5.51. The van der Waals surface area contributed by atoms with Gasteiger partial charge in [-0.05, 0) is 51.3 Å². The first-order chi connectivity index (χ1) is 10.1. The summed E-state index contributed by atoms with van der Waals surface area (Å²) in [6.45, 7) is 7.69. The molecule has 0 bridgehead atoms. The van der Waals surface area contributed by atoms with Gasteiger partial charge in [0.05, 0.1) is 18.8 Å². The lowest BCUT2D eigenvalue weighted by Gasteiger charge is -2.38. The predicted octanol–water partition coefficient (Wildman–Crippen LogP) is 3.34. The van der Waals surface area contributed by atoms with E-state index in [1.165, 1.54) is 0 Å². The van der Waals surface area contributed by atoms with Crippen LogP contribution >= 0.6 is 0 Å². The molecule has 0 radical (unpaired) electrons. The van der Waals surface area contributed by atoms with Crippen LogP contribution in [0.5, 0.6) is 5.75 Å². The van der Waals surface area contributed by atoms with Gasteiger partial charge in [0, 0.05) is 23.9 Å². The van der Waals surface area contributed by atoms with Gasteiger partial charge in [0.2, 0.25) is 0 Å². The van der Waals surface area contributed by atoms with Crippen molar-refractivity contribution in [1.82, 2.24) is 0 Å². The lowest BCUT2D eigenvalue weighted by atomic mass is 9.90. The van der Waals surface area contributed by atoms with E-state index in [1.54, 1.807) is 0 Å². The van der Waals surface area contributed by atoms with Crippen LogP contribution in [0.1, 0.15) is 45.6 Å². The first-order valence-corrected chi connectivity index (χ1v) is 7.87. The summed E-state index contributed by atoms with van der Waals surface area (Å²) in [6, 6.07) is 6.33. The number of nitrogens with one attached hydrogen (secondary N) is 1. The van der Waals surface area contributed by atoms with Crippen LogP contribution in [0, 0.1) is 0 Å². The monoisotopic (exact) mass is 293 g/mol. The molecule has 4 nitrogen and oxygen atoms in total. The number of hydrogen-bond donors (Lipinski definition) is 2. The Morgan fingerprint density at radius 2 is 2.24 bits per heavy atom. The molecule has 1 aliphatic rings. The molecule has 118 valence electrons. The van der Waals surface area contributed by atoms with E-state index in [-0.39, 0.29) is 12.2 Å². The van der Waals surface area contributed by atoms with Crippen LogP contribution < -0.4 is 10.1 Å². The second-order valence-electron chi connectivity index (χ2n) is 5.90. The van der Waals surface area contributed by atoms with E-state index in [1.807, 2.05) is 25.1 Å². The molecule has 2 rings (SSSR count). The molecule has 4 heteroatoms. The average molecular weight is 293 g/mol. The molecule has 0 aliphatic carbocycles. The van der Waals surface area contributed by atoms with E-state index in [0.29, 0.717) is 12.6 Å². The van der Waals surface area contributed by atoms with Crippen LogP contribution in [-0.2, 0) is 11.3 Å². The van der Waals surface area contributed by atoms with Crippen molar-refractivity contribution in [2.75, 3.05) is 18.5 Å². The van der Waals surface area contributed by atoms with Gasteiger partial charge in [0.1, 0.15) is 5.75 Å². The zero-order valence-electron chi connectivity index (χ0n) is 13.3. The summed E-state index contributed by atoms with van der Waals surface area (Å²) in [7, 11) is 0. The summed E-state index contributed by atoms with van der Waals surface area (Å²) in [5.74, 6) is 0.760. The smallest absolute Gasteiger partial charge is 0.124 e. The number of anilines is 1. The van der Waals surface area contributed by atoms with Crippen molar-refractivity contribution in [2.24, 2.45) is 0 Å². The fraction of sp³-hybridized carbons (Fsp3) is 0.647. The highest BCUT2D eigenvalue weighted by Crippen LogP contribution is 2.30. The van der Waals surface area contributed by atoms with Crippen molar-refractivity contribution in [2.45, 2.75) is 58.3 Å². The summed E-state index contributed by atoms with van der Waals surface area (Å²) in [5, 5.41) is 13.0. The quantitative estimate of drug-likeness (QED) is 0.844. The molecule has 1 aromatic rings. The number of rotatable bonds is 6. The summed E-state index contributed by atoms with van der Waals surface area (Å²) in [5.41, 5.74) is 1.83. The lowest BCUT2D eigenvalue weighted by Crippen LogP contribution is -2.41. The molecule has 1 aromatic carbocycles. The topological polar surface area (TPSA) is 50.7 Å². The van der Waals surface area contributed by atoms with Gasteiger partial charge < -0.3 is 19.9 Å². The standard InChI is InChI=1S/C17H27NO3/c1-4-17(3)11-15(8-9-21-17)18-14-6-7-16(20-5-2)13(10-14)12-19/h6-7,10,15,18-19H,4-5,8-9,11-12H2,1-3H3. The third-order valence-corrected chi connectivity index (χ3v) is 4.24. The number of aliphatic hydroxyl groups excluding tert-OH is 1. The Hall–Kier alpha value is -1.26. The Labute approximate surface area is 127 Å². The second kappa shape index (κ2) is 7.14. The molecular formula is C17H27NO3. The zero-order chi connectivity index (χ0) is 15.3. The van der Waals surface area contributed by atoms with Gasteiger partial charge in [-0.25, -0.2) is 0 Å². The predicted molar refractivity (Wildman–Crippen MR) is 84.8 cm³/mol. The molecule has 1 aliphatic heterocycles. The SMILES string of the molecule is CCOc1ccc(NC2CCOC(C)(CC)C2)cc1CO. The van der Waals surface area contributed by atoms with Crippen LogP contribution in [0.25, 0.3) is 0 Å². The third kappa shape index (κ3) is 4.11. The van der Waals surface area contributed by atoms with Gasteiger partial charge in [0.25, 0.3) is 0 Å². The van der Waals surface area contributed by atoms with Crippen LogP contribution in [0.4, 0.5) is 5.69 Å². The van der Waals surface area contributed by atoms with Crippen molar-refractivity contribution in [3.63, 3.8) is 0 Å². The van der Waals surface area contributed by atoms with Crippen LogP contribution in [0.3, 0.4) is 0 Å². The Morgan fingerprint density at radius 3 is 2.90 bits per heavy atom. The molecule has 1 heterocycles. The van der Waals surface area contributed by atoms with E-state index in [2.05, 4.69) is 19.2 Å². The van der Waals surface area contributed by atoms with Gasteiger partial charge in [-0.15, -0.1) is 0 Å². The van der Waals surface area contributed by atoms with Gasteiger partial charge in [-0.3, -0.25) is 0 Å². The molecule has 0 amide bonds. The Kier molecular flexibility index (Phi) is 5.48. The van der Waals surface area contributed by atoms with Gasteiger partial charge in [-0.1, -0.05) is 6.92 Å². The fourth-order valence-electron chi connectivity index (χ4n) is 2.82. The maximum absolute atomic E-state index is 9.47. The average Bonchev–Trinajstić information content (AvgIpc) is 2.49. The van der Waals surface area contributed by atoms with E-state index >= 15 is 0 Å². The first-order valence-electron chi connectivity index (χ1n) is 7.87. The third-order valence-electron chi connectivity index (χ3n) is 4.24. The highest BCUT2D eigenvalue weighted by Gasteiger charge is 2.31. The second-order valence-corrected chi connectivity index (χ2v) is 5.90. The number of benzene rings is 1. The van der Waals surface area contributed by atoms with Crippen LogP contribution in [0.2, 0.25) is 0 Å². The van der Waals surface area contributed by atoms with Crippen LogP contribution in [-0.4, -0.2) is 30.0 Å². The van der Waals surface area contributed by atoms with E-state index < -0.39 is 0 Å². The van der Waals surface area contributed by atoms with Crippen molar-refractivity contribution in [1.29, 1.82) is 0 Å². The van der Waals surface area contributed by atoms with E-state index in [9.17, 15) is 5.11 Å². The maximum Gasteiger partial charge on any atom is 0.124 e. The van der Waals surface area contributed by atoms with Crippen molar-refractivity contribution in [3.8, 4) is 5.75 Å². The van der Waals surface area contributed by atoms with Crippen molar-refractivity contribution >= 4 is 5.69 Å². The minimum atomic E-state index is -0.0268. The molecule has 0 aromatic heterocycles. The number of ether oxygens (including phenoxy) is 2. The van der Waals surface area contributed by atoms with Crippen molar-refractivity contribution < 1.29 is 14.6 Å². The van der Waals surface area contributed by atoms with Crippen LogP contribution in [0.15, 0.2) is 18.2 Å². The summed E-state index contributed by atoms with van der Waals surface area (Å²) >= 11 is 0. The van der Waals surface area contributed by atoms with Gasteiger partial charge in [-0.2, -0.15) is 0 Å². The van der Waals surface area contributed by atoms with Crippen molar-refractivity contribution in [3.05, 3.63) is 23.8 Å². The van der Waals surface area contributed by atoms with Gasteiger partial charge >= 0.3 is 0 Å². The molecule has 0 saturated carbocycles. The van der Waals surface area contributed by atoms with Gasteiger partial charge in [0.15, 0.2) is 0 Å². The summed E-state index contributed by atoms with van der Waals surface area (Å²) < 4.78 is 11.4. The molecule has 2 unspecified atom stereocenters. The molecule has 0 spiro atoms. The summed E-state index contributed by atoms with van der Waals surface area (Å²) in [6.07, 6.45) is 3.04. The molecule has 1 saturated heterocycles. The maximum atomic E-state index is 9.47. The minimum Gasteiger partial charge on any atom is -0.494 e. The molecule has 1 fully saturated rings. The highest BCUT2D eigenvalue weighted by atomic mass is 16.5. The normalized spacial score (nSPS) is 25.6. The Bertz CT molecular complexity index is 463. The molecule has 21 heavy (non-hydrogen) atoms. The Balaban J connectivity index is 2.05. The molecule has 2 N–H and O–H groups in total. The molecule has 2 atom stereocenters. The summed E-state index contributed by atoms with van der Waals surface area (Å²) in [4.78, 5) is 0. The van der Waals surface area contributed by atoms with E-state index in [0.717, 1.165) is 42.9 Å². The number of hydrogen-bond acceptors (Lipinski definition) is 4. The molecular weight excluding hydrogens is 266 g/mol. The minimum absolute atomic E-state index is 0.00862. The zero-order valence-corrected chi connectivity index (χ0v) is 13.3. The Morgan fingerprint density at radius 1 is 1.43 bits per heavy atom. The largest absolute Gasteiger partial charge is 0.494 e. The van der Waals surface area contributed by atoms with E-state index in [4.69, 9.17) is 9.47 Å². The fourth-order valence-corrected chi connectivity index (χ4v) is 2.82.